The Morgan fingerprint density at radius 1 is 1.32 bits per heavy atom. The minimum absolute atomic E-state index is 0.0642. The monoisotopic (exact) mass is 280 g/mol. The van der Waals surface area contributed by atoms with E-state index in [1.807, 2.05) is 13.8 Å². The average Bonchev–Trinajstić information content (AvgIpc) is 2.27. The molecule has 0 aromatic rings. The Bertz CT molecular complexity index is 292. The molecule has 1 rings (SSSR count). The summed E-state index contributed by atoms with van der Waals surface area (Å²) in [7, 11) is 0. The predicted octanol–water partition coefficient (Wildman–Crippen LogP) is 2.61. The molecule has 2 N–H and O–H groups in total. The molecular formula is C13H23F3N2O. The number of halogens is 3. The van der Waals surface area contributed by atoms with Gasteiger partial charge in [-0.05, 0) is 33.1 Å². The van der Waals surface area contributed by atoms with E-state index in [0.29, 0.717) is 19.4 Å². The van der Waals surface area contributed by atoms with Crippen LogP contribution in [-0.4, -0.2) is 30.7 Å². The number of hydrogen-bond donors (Lipinski definition) is 2. The maximum Gasteiger partial charge on any atom is 0.391 e. The SMILES string of the molecule is CC(C)NC(=O)CCNC1CCCC(C(F)(F)F)C1. The van der Waals surface area contributed by atoms with E-state index in [2.05, 4.69) is 10.6 Å². The Labute approximate surface area is 112 Å². The molecule has 19 heavy (non-hydrogen) atoms. The molecule has 1 aliphatic rings. The fourth-order valence-electron chi connectivity index (χ4n) is 2.46. The summed E-state index contributed by atoms with van der Waals surface area (Å²) in [6.45, 7) is 4.19. The minimum atomic E-state index is -4.09. The second-order valence-corrected chi connectivity index (χ2v) is 5.53. The van der Waals surface area contributed by atoms with E-state index in [1.54, 1.807) is 0 Å². The van der Waals surface area contributed by atoms with Crippen LogP contribution in [0.4, 0.5) is 13.2 Å². The Balaban J connectivity index is 2.24. The Kier molecular flexibility index (Phi) is 6.10. The Hall–Kier alpha value is -0.780. The van der Waals surface area contributed by atoms with Gasteiger partial charge in [-0.15, -0.1) is 0 Å². The van der Waals surface area contributed by atoms with Crippen LogP contribution in [0.1, 0.15) is 46.0 Å². The quantitative estimate of drug-likeness (QED) is 0.813. The number of carbonyl (C=O) groups excluding carboxylic acids is 1. The van der Waals surface area contributed by atoms with Crippen LogP contribution in [0.2, 0.25) is 0 Å². The summed E-state index contributed by atoms with van der Waals surface area (Å²) in [6.07, 6.45) is -2.05. The van der Waals surface area contributed by atoms with Crippen LogP contribution < -0.4 is 10.6 Å². The van der Waals surface area contributed by atoms with Gasteiger partial charge in [-0.1, -0.05) is 6.42 Å². The van der Waals surface area contributed by atoms with Crippen molar-refractivity contribution in [2.45, 2.75) is 64.2 Å². The number of alkyl halides is 3. The first-order valence-electron chi connectivity index (χ1n) is 6.88. The number of nitrogens with one attached hydrogen (secondary N) is 2. The Morgan fingerprint density at radius 3 is 2.58 bits per heavy atom. The summed E-state index contributed by atoms with van der Waals surface area (Å²) < 4.78 is 37.8. The predicted molar refractivity (Wildman–Crippen MR) is 67.7 cm³/mol. The summed E-state index contributed by atoms with van der Waals surface area (Å²) >= 11 is 0. The third kappa shape index (κ3) is 6.27. The third-order valence-corrected chi connectivity index (χ3v) is 3.37. The molecule has 1 fully saturated rings. The van der Waals surface area contributed by atoms with Crippen LogP contribution in [0.5, 0.6) is 0 Å². The van der Waals surface area contributed by atoms with Crippen molar-refractivity contribution in [2.75, 3.05) is 6.54 Å². The average molecular weight is 280 g/mol. The van der Waals surface area contributed by atoms with Crippen molar-refractivity contribution in [2.24, 2.45) is 5.92 Å². The van der Waals surface area contributed by atoms with Crippen molar-refractivity contribution in [3.8, 4) is 0 Å². The minimum Gasteiger partial charge on any atom is -0.354 e. The van der Waals surface area contributed by atoms with Gasteiger partial charge >= 0.3 is 6.18 Å². The van der Waals surface area contributed by atoms with Crippen molar-refractivity contribution in [1.29, 1.82) is 0 Å². The highest BCUT2D eigenvalue weighted by molar-refractivity contribution is 5.76. The summed E-state index contributed by atoms with van der Waals surface area (Å²) in [5.74, 6) is -1.26. The lowest BCUT2D eigenvalue weighted by Gasteiger charge is -2.31. The van der Waals surface area contributed by atoms with Gasteiger partial charge in [-0.3, -0.25) is 4.79 Å². The first-order chi connectivity index (χ1) is 8.79. The zero-order chi connectivity index (χ0) is 14.5. The van der Waals surface area contributed by atoms with Gasteiger partial charge < -0.3 is 10.6 Å². The van der Waals surface area contributed by atoms with Gasteiger partial charge in [0.1, 0.15) is 0 Å². The standard InChI is InChI=1S/C13H23F3N2O/c1-9(2)18-12(19)6-7-17-11-5-3-4-10(8-11)13(14,15)16/h9-11,17H,3-8H2,1-2H3,(H,18,19). The molecule has 0 spiro atoms. The largest absolute Gasteiger partial charge is 0.391 e. The zero-order valence-electron chi connectivity index (χ0n) is 11.5. The van der Waals surface area contributed by atoms with E-state index in [-0.39, 0.29) is 30.8 Å². The lowest BCUT2D eigenvalue weighted by molar-refractivity contribution is -0.183. The molecule has 0 heterocycles. The summed E-state index contributed by atoms with van der Waals surface area (Å²) in [6, 6.07) is -0.0241. The molecule has 2 unspecified atom stereocenters. The van der Waals surface area contributed by atoms with Gasteiger partial charge in [0.15, 0.2) is 0 Å². The lowest BCUT2D eigenvalue weighted by atomic mass is 9.85. The molecular weight excluding hydrogens is 257 g/mol. The second-order valence-electron chi connectivity index (χ2n) is 5.53. The van der Waals surface area contributed by atoms with Gasteiger partial charge in [0, 0.05) is 25.0 Å². The summed E-state index contributed by atoms with van der Waals surface area (Å²) in [5, 5.41) is 5.82. The van der Waals surface area contributed by atoms with Crippen molar-refractivity contribution in [3.05, 3.63) is 0 Å². The van der Waals surface area contributed by atoms with E-state index in [1.165, 1.54) is 0 Å². The normalized spacial score (nSPS) is 24.5. The lowest BCUT2D eigenvalue weighted by Crippen LogP contribution is -2.40. The summed E-state index contributed by atoms with van der Waals surface area (Å²) in [4.78, 5) is 11.4. The molecule has 3 nitrogen and oxygen atoms in total. The number of hydrogen-bond acceptors (Lipinski definition) is 2. The van der Waals surface area contributed by atoms with Crippen LogP contribution in [0.15, 0.2) is 0 Å². The smallest absolute Gasteiger partial charge is 0.354 e. The first-order valence-corrected chi connectivity index (χ1v) is 6.88. The molecule has 1 aliphatic carbocycles. The summed E-state index contributed by atoms with van der Waals surface area (Å²) in [5.41, 5.74) is 0. The molecule has 0 aromatic heterocycles. The highest BCUT2D eigenvalue weighted by atomic mass is 19.4. The Morgan fingerprint density at radius 2 is 2.00 bits per heavy atom. The van der Waals surface area contributed by atoms with Crippen molar-refractivity contribution in [3.63, 3.8) is 0 Å². The molecule has 0 saturated heterocycles. The highest BCUT2D eigenvalue weighted by Crippen LogP contribution is 2.37. The van der Waals surface area contributed by atoms with Crippen molar-refractivity contribution >= 4 is 5.91 Å². The topological polar surface area (TPSA) is 41.1 Å². The van der Waals surface area contributed by atoms with Gasteiger partial charge in [0.25, 0.3) is 0 Å². The maximum atomic E-state index is 12.6. The molecule has 112 valence electrons. The molecule has 0 aliphatic heterocycles. The van der Waals surface area contributed by atoms with E-state index >= 15 is 0 Å². The maximum absolute atomic E-state index is 12.6. The van der Waals surface area contributed by atoms with Crippen LogP contribution >= 0.6 is 0 Å². The highest BCUT2D eigenvalue weighted by Gasteiger charge is 2.41. The first kappa shape index (κ1) is 16.3. The van der Waals surface area contributed by atoms with Crippen LogP contribution in [0, 0.1) is 5.92 Å². The molecule has 0 radical (unpaired) electrons. The number of carbonyl (C=O) groups is 1. The molecule has 2 atom stereocenters. The van der Waals surface area contributed by atoms with Gasteiger partial charge in [0.2, 0.25) is 5.91 Å². The van der Waals surface area contributed by atoms with E-state index in [4.69, 9.17) is 0 Å². The van der Waals surface area contributed by atoms with E-state index in [9.17, 15) is 18.0 Å². The van der Waals surface area contributed by atoms with Crippen LogP contribution in [0.25, 0.3) is 0 Å². The fourth-order valence-corrected chi connectivity index (χ4v) is 2.46. The number of amides is 1. The van der Waals surface area contributed by atoms with Crippen molar-refractivity contribution < 1.29 is 18.0 Å². The van der Waals surface area contributed by atoms with Crippen LogP contribution in [0.3, 0.4) is 0 Å². The third-order valence-electron chi connectivity index (χ3n) is 3.37. The molecule has 1 amide bonds. The molecule has 0 aromatic carbocycles. The number of rotatable bonds is 5. The van der Waals surface area contributed by atoms with Crippen molar-refractivity contribution in [1.82, 2.24) is 10.6 Å². The van der Waals surface area contributed by atoms with Crippen LogP contribution in [-0.2, 0) is 4.79 Å². The van der Waals surface area contributed by atoms with E-state index in [0.717, 1.165) is 6.42 Å². The molecule has 1 saturated carbocycles. The zero-order valence-corrected chi connectivity index (χ0v) is 11.5. The van der Waals surface area contributed by atoms with Gasteiger partial charge in [-0.25, -0.2) is 0 Å². The fraction of sp³-hybridized carbons (Fsp3) is 0.923. The van der Waals surface area contributed by atoms with Gasteiger partial charge in [0.05, 0.1) is 5.92 Å². The van der Waals surface area contributed by atoms with E-state index < -0.39 is 12.1 Å². The molecule has 0 bridgehead atoms. The van der Waals surface area contributed by atoms with Gasteiger partial charge in [-0.2, -0.15) is 13.2 Å². The molecule has 6 heteroatoms. The second kappa shape index (κ2) is 7.12.